The standard InChI is InChI=1S/C34H43N5O3/c1-4-5-10-28-23-27-9-6-7-11-30(27)32(37-28)42-21-20-39(2,3)31-17-14-26(24-34(31,41)33(35)40)22-25-12-15-29(16-13-25)38-19-8-18-36-38/h6-9,11-13,15-16,18-19,23,26,31,41H,4-5,10,14,17,20-22,24H2,1-3H3,(H-,35,40)/p+1/t26?,31-,34-/m0/s1. The number of fused-ring (bicyclic) bond motifs is 1. The van der Waals surface area contributed by atoms with Gasteiger partial charge in [0.2, 0.25) is 5.88 Å². The number of carbonyl (C=O) groups is 1. The van der Waals surface area contributed by atoms with Crippen molar-refractivity contribution in [1.82, 2.24) is 14.8 Å². The summed E-state index contributed by atoms with van der Waals surface area (Å²) in [6.45, 7) is 3.20. The van der Waals surface area contributed by atoms with Crippen LogP contribution in [0.25, 0.3) is 16.5 Å². The third kappa shape index (κ3) is 6.50. The summed E-state index contributed by atoms with van der Waals surface area (Å²) in [5, 5.41) is 18.2. The molecule has 3 N–H and O–H groups in total. The topological polar surface area (TPSA) is 103 Å². The van der Waals surface area contributed by atoms with Crippen molar-refractivity contribution in [2.75, 3.05) is 27.2 Å². The average Bonchev–Trinajstić information content (AvgIpc) is 3.51. The van der Waals surface area contributed by atoms with Gasteiger partial charge in [-0.3, -0.25) is 4.79 Å². The summed E-state index contributed by atoms with van der Waals surface area (Å²) in [7, 11) is 4.11. The molecule has 0 spiro atoms. The Hall–Kier alpha value is -3.75. The molecule has 8 nitrogen and oxygen atoms in total. The molecule has 2 aromatic carbocycles. The van der Waals surface area contributed by atoms with Gasteiger partial charge in [-0.15, -0.1) is 0 Å². The number of aliphatic hydroxyl groups is 1. The molecule has 4 aromatic rings. The lowest BCUT2D eigenvalue weighted by Gasteiger charge is -2.49. The van der Waals surface area contributed by atoms with Gasteiger partial charge in [0.15, 0.2) is 5.60 Å². The fraction of sp³-hybridized carbons (Fsp3) is 0.441. The van der Waals surface area contributed by atoms with Gasteiger partial charge in [0.25, 0.3) is 5.91 Å². The molecule has 8 heteroatoms. The van der Waals surface area contributed by atoms with Gasteiger partial charge in [0, 0.05) is 29.9 Å². The zero-order chi connectivity index (χ0) is 29.7. The Labute approximate surface area is 248 Å². The highest BCUT2D eigenvalue weighted by atomic mass is 16.5. The van der Waals surface area contributed by atoms with Crippen LogP contribution < -0.4 is 10.5 Å². The third-order valence-electron chi connectivity index (χ3n) is 8.95. The van der Waals surface area contributed by atoms with Crippen LogP contribution in [-0.2, 0) is 17.6 Å². The van der Waals surface area contributed by atoms with Crippen molar-refractivity contribution in [1.29, 1.82) is 0 Å². The predicted molar refractivity (Wildman–Crippen MR) is 165 cm³/mol. The van der Waals surface area contributed by atoms with Crippen LogP contribution in [0.4, 0.5) is 0 Å². The van der Waals surface area contributed by atoms with Crippen molar-refractivity contribution >= 4 is 16.7 Å². The van der Waals surface area contributed by atoms with E-state index in [1.165, 1.54) is 5.56 Å². The first-order valence-corrected chi connectivity index (χ1v) is 15.1. The number of ether oxygens (including phenoxy) is 1. The Kier molecular flexibility index (Phi) is 8.94. The number of benzene rings is 2. The number of hydrogen-bond acceptors (Lipinski definition) is 5. The van der Waals surface area contributed by atoms with Crippen molar-refractivity contribution in [3.05, 3.63) is 84.3 Å². The molecule has 0 aliphatic heterocycles. The van der Waals surface area contributed by atoms with E-state index in [0.29, 0.717) is 36.4 Å². The number of carbonyl (C=O) groups excluding carboxylic acids is 1. The number of quaternary nitrogens is 1. The van der Waals surface area contributed by atoms with E-state index in [2.05, 4.69) is 50.4 Å². The molecule has 0 saturated heterocycles. The molecule has 2 aromatic heterocycles. The molecule has 42 heavy (non-hydrogen) atoms. The van der Waals surface area contributed by atoms with Crippen molar-refractivity contribution in [3.8, 4) is 11.6 Å². The SMILES string of the molecule is CCCCc1cc2ccccc2c(OCC[N+](C)(C)[C@H]2CCC(Cc3ccc(-n4cccn4)cc3)C[C@@]2(O)C(N)=O)n1. The summed E-state index contributed by atoms with van der Waals surface area (Å²) < 4.78 is 8.56. The normalized spacial score (nSPS) is 21.0. The number of pyridine rings is 1. The van der Waals surface area contributed by atoms with Crippen LogP contribution >= 0.6 is 0 Å². The van der Waals surface area contributed by atoms with Gasteiger partial charge in [-0.05, 0) is 79.3 Å². The molecule has 1 aliphatic carbocycles. The van der Waals surface area contributed by atoms with E-state index in [9.17, 15) is 9.90 Å². The van der Waals surface area contributed by atoms with E-state index >= 15 is 0 Å². The number of likely N-dealkylation sites (N-methyl/N-ethyl adjacent to an activating group) is 1. The quantitative estimate of drug-likeness (QED) is 0.237. The number of aryl methyl sites for hydroxylation is 1. The van der Waals surface area contributed by atoms with E-state index in [4.69, 9.17) is 15.5 Å². The Balaban J connectivity index is 1.24. The van der Waals surface area contributed by atoms with Crippen LogP contribution in [0.5, 0.6) is 5.88 Å². The summed E-state index contributed by atoms with van der Waals surface area (Å²) in [6.07, 6.45) is 9.53. The van der Waals surface area contributed by atoms with Crippen molar-refractivity contribution in [3.63, 3.8) is 0 Å². The first kappa shape index (κ1) is 29.7. The van der Waals surface area contributed by atoms with Gasteiger partial charge in [-0.25, -0.2) is 9.67 Å². The Morgan fingerprint density at radius 3 is 2.64 bits per heavy atom. The molecule has 1 aliphatic rings. The van der Waals surface area contributed by atoms with Gasteiger partial charge in [0.1, 0.15) is 19.2 Å². The zero-order valence-electron chi connectivity index (χ0n) is 25.1. The van der Waals surface area contributed by atoms with E-state index in [1.807, 2.05) is 47.3 Å². The van der Waals surface area contributed by atoms with Crippen molar-refractivity contribution in [2.45, 2.75) is 63.5 Å². The van der Waals surface area contributed by atoms with Crippen LogP contribution in [0.1, 0.15) is 50.3 Å². The average molecular weight is 571 g/mol. The predicted octanol–water partition coefficient (Wildman–Crippen LogP) is 4.85. The maximum Gasteiger partial charge on any atom is 0.255 e. The first-order valence-electron chi connectivity index (χ1n) is 15.1. The second kappa shape index (κ2) is 12.6. The summed E-state index contributed by atoms with van der Waals surface area (Å²) in [5.74, 6) is 0.160. The minimum Gasteiger partial charge on any atom is -0.471 e. The highest BCUT2D eigenvalue weighted by Crippen LogP contribution is 2.39. The number of hydrogen-bond donors (Lipinski definition) is 2. The Morgan fingerprint density at radius 1 is 1.14 bits per heavy atom. The molecule has 0 radical (unpaired) electrons. The lowest BCUT2D eigenvalue weighted by Crippen LogP contribution is -2.68. The molecular weight excluding hydrogens is 526 g/mol. The van der Waals surface area contributed by atoms with Gasteiger partial charge in [-0.1, -0.05) is 43.7 Å². The summed E-state index contributed by atoms with van der Waals surface area (Å²) in [6, 6.07) is 20.2. The van der Waals surface area contributed by atoms with Crippen LogP contribution in [-0.4, -0.2) is 69.2 Å². The summed E-state index contributed by atoms with van der Waals surface area (Å²) >= 11 is 0. The number of unbranched alkanes of at least 4 members (excludes halogenated alkanes) is 1. The highest BCUT2D eigenvalue weighted by molar-refractivity contribution is 5.87. The second-order valence-corrected chi connectivity index (χ2v) is 12.4. The number of primary amides is 1. The van der Waals surface area contributed by atoms with Crippen LogP contribution in [0, 0.1) is 5.92 Å². The highest BCUT2D eigenvalue weighted by Gasteiger charge is 2.54. The monoisotopic (exact) mass is 570 g/mol. The summed E-state index contributed by atoms with van der Waals surface area (Å²) in [5.41, 5.74) is 7.52. The van der Waals surface area contributed by atoms with Gasteiger partial charge < -0.3 is 20.1 Å². The molecule has 0 bridgehead atoms. The number of aromatic nitrogens is 3. The van der Waals surface area contributed by atoms with Crippen LogP contribution in [0.2, 0.25) is 0 Å². The molecule has 1 amide bonds. The summed E-state index contributed by atoms with van der Waals surface area (Å²) in [4.78, 5) is 17.6. The molecule has 222 valence electrons. The number of rotatable bonds is 12. The minimum absolute atomic E-state index is 0.159. The molecule has 2 heterocycles. The lowest BCUT2D eigenvalue weighted by atomic mass is 9.71. The van der Waals surface area contributed by atoms with E-state index < -0.39 is 11.5 Å². The van der Waals surface area contributed by atoms with Gasteiger partial charge in [-0.2, -0.15) is 5.10 Å². The van der Waals surface area contributed by atoms with E-state index in [1.54, 1.807) is 6.20 Å². The molecule has 5 rings (SSSR count). The smallest absolute Gasteiger partial charge is 0.255 e. The number of nitrogens with zero attached hydrogens (tertiary/aromatic N) is 4. The lowest BCUT2D eigenvalue weighted by molar-refractivity contribution is -0.922. The first-order chi connectivity index (χ1) is 20.2. The minimum atomic E-state index is -1.59. The Bertz CT molecular complexity index is 1490. The Morgan fingerprint density at radius 2 is 1.93 bits per heavy atom. The molecule has 1 saturated carbocycles. The van der Waals surface area contributed by atoms with E-state index in [0.717, 1.165) is 54.3 Å². The van der Waals surface area contributed by atoms with Crippen molar-refractivity contribution in [2.24, 2.45) is 11.7 Å². The van der Waals surface area contributed by atoms with Gasteiger partial charge in [0.05, 0.1) is 19.8 Å². The van der Waals surface area contributed by atoms with Crippen LogP contribution in [0.15, 0.2) is 73.1 Å². The largest absolute Gasteiger partial charge is 0.471 e. The second-order valence-electron chi connectivity index (χ2n) is 12.4. The third-order valence-corrected chi connectivity index (χ3v) is 8.95. The maximum absolute atomic E-state index is 12.8. The molecule has 3 atom stereocenters. The zero-order valence-corrected chi connectivity index (χ0v) is 25.1. The molecular formula is C34H44N5O3+. The molecule has 1 fully saturated rings. The fourth-order valence-corrected chi connectivity index (χ4v) is 6.57. The van der Waals surface area contributed by atoms with Crippen molar-refractivity contribution < 1.29 is 19.1 Å². The number of nitrogens with two attached hydrogens (primary N) is 1. The maximum atomic E-state index is 12.8. The van der Waals surface area contributed by atoms with Crippen LogP contribution in [0.3, 0.4) is 0 Å². The molecule has 1 unspecified atom stereocenters. The number of amides is 1. The van der Waals surface area contributed by atoms with E-state index in [-0.39, 0.29) is 12.0 Å². The fourth-order valence-electron chi connectivity index (χ4n) is 6.57. The van der Waals surface area contributed by atoms with Gasteiger partial charge >= 0.3 is 0 Å².